The van der Waals surface area contributed by atoms with Crippen molar-refractivity contribution in [2.75, 3.05) is 0 Å². The van der Waals surface area contributed by atoms with E-state index in [-0.39, 0.29) is 6.04 Å². The summed E-state index contributed by atoms with van der Waals surface area (Å²) in [6, 6.07) is 37.1. The molecule has 3 aromatic carbocycles. The Labute approximate surface area is 213 Å². The fourth-order valence-electron chi connectivity index (χ4n) is 5.39. The van der Waals surface area contributed by atoms with Gasteiger partial charge in [-0.15, -0.1) is 0 Å². The van der Waals surface area contributed by atoms with Crippen molar-refractivity contribution in [2.45, 2.75) is 26.3 Å². The average molecular weight is 467 g/mol. The second-order valence-electron chi connectivity index (χ2n) is 9.61. The fraction of sp³-hybridized carbons (Fsp3) is 0.118. The van der Waals surface area contributed by atoms with Gasteiger partial charge in [0.25, 0.3) is 0 Å². The number of aryl methyl sites for hydroxylation is 2. The van der Waals surface area contributed by atoms with E-state index in [4.69, 9.17) is 0 Å². The Hall–Kier alpha value is -4.30. The van der Waals surface area contributed by atoms with Crippen LogP contribution in [0, 0.1) is 13.8 Å². The summed E-state index contributed by atoms with van der Waals surface area (Å²) in [6.07, 6.45) is 10.1. The van der Waals surface area contributed by atoms with Gasteiger partial charge in [-0.2, -0.15) is 9.13 Å². The van der Waals surface area contributed by atoms with E-state index in [2.05, 4.69) is 151 Å². The molecule has 0 saturated heterocycles. The molecular weight excluding hydrogens is 436 g/mol. The van der Waals surface area contributed by atoms with Gasteiger partial charge >= 0.3 is 0 Å². The molecule has 0 aliphatic carbocycles. The van der Waals surface area contributed by atoms with Gasteiger partial charge in [0.2, 0.25) is 11.4 Å². The Bertz CT molecular complexity index is 1580. The summed E-state index contributed by atoms with van der Waals surface area (Å²) in [5.74, 6) is 0. The van der Waals surface area contributed by atoms with E-state index in [0.717, 1.165) is 6.42 Å². The highest BCUT2D eigenvalue weighted by Crippen LogP contribution is 2.30. The monoisotopic (exact) mass is 466 g/mol. The maximum Gasteiger partial charge on any atom is 0.218 e. The van der Waals surface area contributed by atoms with Gasteiger partial charge < -0.3 is 0 Å². The van der Waals surface area contributed by atoms with Gasteiger partial charge in [-0.1, -0.05) is 66.7 Å². The maximum absolute atomic E-state index is 2.40. The van der Waals surface area contributed by atoms with Crippen molar-refractivity contribution in [3.05, 3.63) is 138 Å². The zero-order chi connectivity index (χ0) is 24.5. The largest absolute Gasteiger partial charge is 0.218 e. The number of allylic oxidation sites excluding steroid dienone is 1. The molecule has 0 fully saturated rings. The van der Waals surface area contributed by atoms with Crippen molar-refractivity contribution >= 4 is 6.20 Å². The summed E-state index contributed by atoms with van der Waals surface area (Å²) in [5, 5.41) is 0. The second kappa shape index (κ2) is 9.39. The molecule has 0 spiro atoms. The van der Waals surface area contributed by atoms with E-state index in [1.54, 1.807) is 0 Å². The standard InChI is InChI=1S/C34H30N2/c1-25-12-6-8-16-30(25)34-22-26(2)32(27-13-4-3-5-14-27)24-35(34)21-19-29-23-28-15-7-9-17-31(28)33-18-10-11-20-36(29)33/h3-22,24,29H,23H2,1-2H3/q+2/b21-19+/t29-/m0/s1. The number of nitrogens with zero attached hydrogens (tertiary/aromatic N) is 2. The lowest BCUT2D eigenvalue weighted by Crippen LogP contribution is -2.44. The summed E-state index contributed by atoms with van der Waals surface area (Å²) < 4.78 is 4.71. The Kier molecular flexibility index (Phi) is 5.79. The second-order valence-corrected chi connectivity index (χ2v) is 9.61. The van der Waals surface area contributed by atoms with Crippen LogP contribution >= 0.6 is 0 Å². The van der Waals surface area contributed by atoms with E-state index >= 15 is 0 Å². The highest BCUT2D eigenvalue weighted by Gasteiger charge is 2.30. The Morgan fingerprint density at radius 3 is 2.22 bits per heavy atom. The van der Waals surface area contributed by atoms with E-state index < -0.39 is 0 Å². The molecule has 36 heavy (non-hydrogen) atoms. The Morgan fingerprint density at radius 2 is 1.39 bits per heavy atom. The molecule has 0 N–H and O–H groups in total. The molecule has 0 unspecified atom stereocenters. The van der Waals surface area contributed by atoms with Gasteiger partial charge in [0, 0.05) is 47.4 Å². The van der Waals surface area contributed by atoms with Crippen LogP contribution in [-0.4, -0.2) is 0 Å². The summed E-state index contributed by atoms with van der Waals surface area (Å²) in [7, 11) is 0. The van der Waals surface area contributed by atoms with Crippen molar-refractivity contribution < 1.29 is 9.13 Å². The van der Waals surface area contributed by atoms with Gasteiger partial charge in [-0.3, -0.25) is 0 Å². The van der Waals surface area contributed by atoms with E-state index in [1.807, 2.05) is 0 Å². The summed E-state index contributed by atoms with van der Waals surface area (Å²) in [6.45, 7) is 4.40. The minimum absolute atomic E-state index is 0.245. The summed E-state index contributed by atoms with van der Waals surface area (Å²) in [5.41, 5.74) is 11.5. The number of hydrogen-bond acceptors (Lipinski definition) is 0. The smallest absolute Gasteiger partial charge is 0.191 e. The van der Waals surface area contributed by atoms with Crippen molar-refractivity contribution in [3.8, 4) is 33.6 Å². The third kappa shape index (κ3) is 4.05. The van der Waals surface area contributed by atoms with E-state index in [9.17, 15) is 0 Å². The molecule has 0 saturated carbocycles. The molecule has 0 amide bonds. The lowest BCUT2D eigenvalue weighted by molar-refractivity contribution is -0.704. The molecule has 0 radical (unpaired) electrons. The predicted octanol–water partition coefficient (Wildman–Crippen LogP) is 7.15. The molecule has 174 valence electrons. The molecule has 2 aromatic heterocycles. The van der Waals surface area contributed by atoms with Crippen LogP contribution < -0.4 is 9.13 Å². The van der Waals surface area contributed by atoms with Crippen LogP contribution in [-0.2, 0) is 6.42 Å². The topological polar surface area (TPSA) is 7.76 Å². The fourth-order valence-corrected chi connectivity index (χ4v) is 5.39. The Morgan fingerprint density at radius 1 is 0.667 bits per heavy atom. The first-order valence-corrected chi connectivity index (χ1v) is 12.6. The van der Waals surface area contributed by atoms with Crippen LogP contribution in [0.25, 0.3) is 39.8 Å². The third-order valence-corrected chi connectivity index (χ3v) is 7.27. The molecule has 2 nitrogen and oxygen atoms in total. The molecular formula is C34H30N2+2. The number of benzene rings is 3. The van der Waals surface area contributed by atoms with Crippen LogP contribution in [0.15, 0.2) is 122 Å². The molecule has 6 rings (SSSR count). The minimum Gasteiger partial charge on any atom is -0.191 e. The average Bonchev–Trinajstić information content (AvgIpc) is 2.93. The number of fused-ring (bicyclic) bond motifs is 3. The van der Waals surface area contributed by atoms with Crippen molar-refractivity contribution in [1.29, 1.82) is 0 Å². The van der Waals surface area contributed by atoms with Crippen molar-refractivity contribution in [1.82, 2.24) is 0 Å². The summed E-state index contributed by atoms with van der Waals surface area (Å²) >= 11 is 0. The molecule has 2 heteroatoms. The van der Waals surface area contributed by atoms with Crippen molar-refractivity contribution in [3.63, 3.8) is 0 Å². The normalized spacial score (nSPS) is 14.4. The zero-order valence-corrected chi connectivity index (χ0v) is 20.8. The highest BCUT2D eigenvalue weighted by atomic mass is 15.0. The number of pyridine rings is 2. The first-order valence-electron chi connectivity index (χ1n) is 12.6. The van der Waals surface area contributed by atoms with Crippen LogP contribution in [0.2, 0.25) is 0 Å². The van der Waals surface area contributed by atoms with Gasteiger partial charge in [0.05, 0.1) is 0 Å². The SMILES string of the molecule is Cc1cc(-c2ccccc2C)[n+](/C=C/[C@H]2Cc3ccccc3-c3cccc[n+]32)cc1-c1ccccc1. The van der Waals surface area contributed by atoms with E-state index in [0.29, 0.717) is 0 Å². The quantitative estimate of drug-likeness (QED) is 0.249. The Balaban J connectivity index is 1.48. The predicted molar refractivity (Wildman–Crippen MR) is 147 cm³/mol. The highest BCUT2D eigenvalue weighted by molar-refractivity contribution is 5.70. The number of aromatic nitrogens is 2. The van der Waals surface area contributed by atoms with Gasteiger partial charge in [0.1, 0.15) is 0 Å². The van der Waals surface area contributed by atoms with Gasteiger partial charge in [0.15, 0.2) is 24.6 Å². The lowest BCUT2D eigenvalue weighted by Gasteiger charge is -2.19. The molecule has 5 aromatic rings. The first kappa shape index (κ1) is 22.2. The van der Waals surface area contributed by atoms with Gasteiger partial charge in [-0.25, -0.2) is 0 Å². The van der Waals surface area contributed by atoms with Crippen LogP contribution in [0.3, 0.4) is 0 Å². The molecule has 1 aliphatic rings. The van der Waals surface area contributed by atoms with Gasteiger partial charge in [-0.05, 0) is 54.3 Å². The van der Waals surface area contributed by atoms with E-state index in [1.165, 1.54) is 50.3 Å². The summed E-state index contributed by atoms with van der Waals surface area (Å²) in [4.78, 5) is 0. The third-order valence-electron chi connectivity index (χ3n) is 7.27. The lowest BCUT2D eigenvalue weighted by atomic mass is 9.92. The molecule has 3 heterocycles. The zero-order valence-electron chi connectivity index (χ0n) is 20.8. The number of hydrogen-bond donors (Lipinski definition) is 0. The molecule has 1 atom stereocenters. The van der Waals surface area contributed by atoms with Crippen LogP contribution in [0.4, 0.5) is 0 Å². The van der Waals surface area contributed by atoms with Crippen LogP contribution in [0.1, 0.15) is 22.7 Å². The first-order chi connectivity index (χ1) is 17.7. The van der Waals surface area contributed by atoms with Crippen molar-refractivity contribution in [2.24, 2.45) is 0 Å². The number of rotatable bonds is 4. The van der Waals surface area contributed by atoms with Crippen LogP contribution in [0.5, 0.6) is 0 Å². The molecule has 1 aliphatic heterocycles. The maximum atomic E-state index is 2.40. The molecule has 0 bridgehead atoms. The minimum atomic E-state index is 0.245.